The maximum Gasteiger partial charge on any atom is 0.233 e. The van der Waals surface area contributed by atoms with Crippen LogP contribution in [0.15, 0.2) is 36.4 Å². The lowest BCUT2D eigenvalue weighted by Crippen LogP contribution is -2.35. The SMILES string of the molecule is O=C(CCN1C(=O)[C@H]2[C@H](C1=O)[C@H]1C=C[C@H]2C1)Nc1ccc(Cl)cc1. The van der Waals surface area contributed by atoms with E-state index in [2.05, 4.69) is 17.5 Å². The lowest BCUT2D eigenvalue weighted by molar-refractivity contribution is -0.140. The number of nitrogens with one attached hydrogen (secondary N) is 1. The molecule has 2 bridgehead atoms. The maximum absolute atomic E-state index is 12.5. The number of hydrogen-bond donors (Lipinski definition) is 1. The predicted octanol–water partition coefficient (Wildman–Crippen LogP) is 2.48. The van der Waals surface area contributed by atoms with Gasteiger partial charge >= 0.3 is 0 Å². The van der Waals surface area contributed by atoms with Crippen molar-refractivity contribution in [1.82, 2.24) is 4.90 Å². The zero-order valence-electron chi connectivity index (χ0n) is 12.9. The Balaban J connectivity index is 1.36. The molecular formula is C18H17ClN2O3. The number of nitrogens with zero attached hydrogens (tertiary/aromatic N) is 1. The molecule has 0 radical (unpaired) electrons. The van der Waals surface area contributed by atoms with Gasteiger partial charge in [-0.1, -0.05) is 23.8 Å². The first-order valence-corrected chi connectivity index (χ1v) is 8.51. The van der Waals surface area contributed by atoms with E-state index in [-0.39, 0.29) is 54.4 Å². The molecule has 124 valence electrons. The van der Waals surface area contributed by atoms with Gasteiger partial charge in [-0.05, 0) is 42.5 Å². The van der Waals surface area contributed by atoms with Gasteiger partial charge in [-0.15, -0.1) is 0 Å². The number of benzene rings is 1. The molecule has 3 aliphatic rings. The highest BCUT2D eigenvalue weighted by Crippen LogP contribution is 2.52. The van der Waals surface area contributed by atoms with E-state index in [0.29, 0.717) is 10.7 Å². The fourth-order valence-corrected chi connectivity index (χ4v) is 4.28. The van der Waals surface area contributed by atoms with E-state index in [1.54, 1.807) is 24.3 Å². The Labute approximate surface area is 144 Å². The molecule has 4 atom stereocenters. The molecule has 0 spiro atoms. The number of anilines is 1. The number of allylic oxidation sites excluding steroid dienone is 2. The molecule has 1 aromatic carbocycles. The van der Waals surface area contributed by atoms with Crippen LogP contribution >= 0.6 is 11.6 Å². The van der Waals surface area contributed by atoms with Crippen molar-refractivity contribution >= 4 is 35.0 Å². The molecule has 5 nitrogen and oxygen atoms in total. The predicted molar refractivity (Wildman–Crippen MR) is 89.1 cm³/mol. The van der Waals surface area contributed by atoms with Gasteiger partial charge in [-0.2, -0.15) is 0 Å². The van der Waals surface area contributed by atoms with Gasteiger partial charge in [0.1, 0.15) is 0 Å². The molecular weight excluding hydrogens is 328 g/mol. The minimum absolute atomic E-state index is 0.0995. The molecule has 3 amide bonds. The number of hydrogen-bond acceptors (Lipinski definition) is 3. The molecule has 1 heterocycles. The third-order valence-electron chi connectivity index (χ3n) is 5.25. The Bertz CT molecular complexity index is 713. The van der Waals surface area contributed by atoms with E-state index in [9.17, 15) is 14.4 Å². The molecule has 1 saturated carbocycles. The quantitative estimate of drug-likeness (QED) is 0.674. The summed E-state index contributed by atoms with van der Waals surface area (Å²) in [4.78, 5) is 38.4. The number of carbonyl (C=O) groups excluding carboxylic acids is 3. The fourth-order valence-electron chi connectivity index (χ4n) is 4.15. The average Bonchev–Trinajstić information content (AvgIpc) is 3.23. The highest BCUT2D eigenvalue weighted by atomic mass is 35.5. The largest absolute Gasteiger partial charge is 0.326 e. The first-order chi connectivity index (χ1) is 11.5. The highest BCUT2D eigenvalue weighted by Gasteiger charge is 2.58. The molecule has 0 unspecified atom stereocenters. The number of rotatable bonds is 4. The van der Waals surface area contributed by atoms with Crippen LogP contribution < -0.4 is 5.32 Å². The minimum atomic E-state index is -0.226. The van der Waals surface area contributed by atoms with E-state index in [1.165, 1.54) is 4.90 Å². The first kappa shape index (κ1) is 15.4. The summed E-state index contributed by atoms with van der Waals surface area (Å²) in [6, 6.07) is 6.80. The molecule has 1 aliphatic heterocycles. The molecule has 1 aromatic rings. The summed E-state index contributed by atoms with van der Waals surface area (Å²) in [5.41, 5.74) is 0.641. The molecule has 1 saturated heterocycles. The van der Waals surface area contributed by atoms with Crippen molar-refractivity contribution in [2.24, 2.45) is 23.7 Å². The van der Waals surface area contributed by atoms with Crippen LogP contribution in [0.3, 0.4) is 0 Å². The number of amides is 3. The second kappa shape index (κ2) is 5.74. The smallest absolute Gasteiger partial charge is 0.233 e. The van der Waals surface area contributed by atoms with Crippen LogP contribution in [-0.4, -0.2) is 29.2 Å². The molecule has 0 aromatic heterocycles. The Morgan fingerprint density at radius 1 is 1.08 bits per heavy atom. The molecule has 4 rings (SSSR count). The second-order valence-corrected chi connectivity index (χ2v) is 7.07. The summed E-state index contributed by atoms with van der Waals surface area (Å²) in [7, 11) is 0. The lowest BCUT2D eigenvalue weighted by atomic mass is 9.85. The van der Waals surface area contributed by atoms with Crippen LogP contribution in [0, 0.1) is 23.7 Å². The van der Waals surface area contributed by atoms with Crippen LogP contribution in [0.4, 0.5) is 5.69 Å². The zero-order valence-corrected chi connectivity index (χ0v) is 13.7. The van der Waals surface area contributed by atoms with Crippen molar-refractivity contribution in [3.8, 4) is 0 Å². The van der Waals surface area contributed by atoms with Gasteiger partial charge in [-0.3, -0.25) is 19.3 Å². The molecule has 2 aliphatic carbocycles. The van der Waals surface area contributed by atoms with Crippen LogP contribution in [0.5, 0.6) is 0 Å². The van der Waals surface area contributed by atoms with Gasteiger partial charge in [0.05, 0.1) is 11.8 Å². The maximum atomic E-state index is 12.5. The lowest BCUT2D eigenvalue weighted by Gasteiger charge is -2.16. The number of fused-ring (bicyclic) bond motifs is 5. The Hall–Kier alpha value is -2.14. The van der Waals surface area contributed by atoms with E-state index >= 15 is 0 Å². The van der Waals surface area contributed by atoms with Gasteiger partial charge in [0.2, 0.25) is 17.7 Å². The Morgan fingerprint density at radius 3 is 2.25 bits per heavy atom. The summed E-state index contributed by atoms with van der Waals surface area (Å²) >= 11 is 5.80. The highest BCUT2D eigenvalue weighted by molar-refractivity contribution is 6.30. The zero-order chi connectivity index (χ0) is 16.8. The van der Waals surface area contributed by atoms with Gasteiger partial charge in [-0.25, -0.2) is 0 Å². The third-order valence-corrected chi connectivity index (χ3v) is 5.50. The fraction of sp³-hybridized carbons (Fsp3) is 0.389. The van der Waals surface area contributed by atoms with Crippen molar-refractivity contribution in [2.75, 3.05) is 11.9 Å². The normalized spacial score (nSPS) is 30.1. The van der Waals surface area contributed by atoms with Crippen molar-refractivity contribution in [1.29, 1.82) is 0 Å². The van der Waals surface area contributed by atoms with Crippen molar-refractivity contribution in [3.63, 3.8) is 0 Å². The first-order valence-electron chi connectivity index (χ1n) is 8.13. The summed E-state index contributed by atoms with van der Waals surface area (Å²) in [5.74, 6) is -0.453. The van der Waals surface area contributed by atoms with Crippen molar-refractivity contribution < 1.29 is 14.4 Å². The number of carbonyl (C=O) groups is 3. The van der Waals surface area contributed by atoms with E-state index in [0.717, 1.165) is 6.42 Å². The van der Waals surface area contributed by atoms with Gasteiger partial charge in [0, 0.05) is 23.7 Å². The molecule has 1 N–H and O–H groups in total. The minimum Gasteiger partial charge on any atom is -0.326 e. The van der Waals surface area contributed by atoms with Gasteiger partial charge in [0.25, 0.3) is 0 Å². The third kappa shape index (κ3) is 2.44. The topological polar surface area (TPSA) is 66.5 Å². The van der Waals surface area contributed by atoms with Crippen molar-refractivity contribution in [2.45, 2.75) is 12.8 Å². The Kier molecular flexibility index (Phi) is 3.68. The van der Waals surface area contributed by atoms with Crippen LogP contribution in [0.1, 0.15) is 12.8 Å². The number of halogens is 1. The van der Waals surface area contributed by atoms with Crippen LogP contribution in [0.25, 0.3) is 0 Å². The van der Waals surface area contributed by atoms with E-state index in [1.807, 2.05) is 0 Å². The summed E-state index contributed by atoms with van der Waals surface area (Å²) < 4.78 is 0. The van der Waals surface area contributed by atoms with E-state index < -0.39 is 0 Å². The van der Waals surface area contributed by atoms with Crippen LogP contribution in [0.2, 0.25) is 5.02 Å². The summed E-state index contributed by atoms with van der Waals surface area (Å²) in [6.07, 6.45) is 5.14. The van der Waals surface area contributed by atoms with E-state index in [4.69, 9.17) is 11.6 Å². The standard InChI is InChI=1S/C18H17ClN2O3/c19-12-3-5-13(6-4-12)20-14(22)7-8-21-17(23)15-10-1-2-11(9-10)16(15)18(21)24/h1-6,10-11,15-16H,7-9H2,(H,20,22)/t10-,11-,15+,16+/m0/s1. The van der Waals surface area contributed by atoms with Crippen molar-refractivity contribution in [3.05, 3.63) is 41.4 Å². The van der Waals surface area contributed by atoms with Gasteiger partial charge < -0.3 is 5.32 Å². The van der Waals surface area contributed by atoms with Crippen LogP contribution in [-0.2, 0) is 14.4 Å². The second-order valence-electron chi connectivity index (χ2n) is 6.63. The number of likely N-dealkylation sites (tertiary alicyclic amines) is 1. The van der Waals surface area contributed by atoms with Gasteiger partial charge in [0.15, 0.2) is 0 Å². The average molecular weight is 345 g/mol. The summed E-state index contributed by atoms with van der Waals surface area (Å²) in [5, 5.41) is 3.34. The summed E-state index contributed by atoms with van der Waals surface area (Å²) in [6.45, 7) is 0.142. The Morgan fingerprint density at radius 2 is 1.67 bits per heavy atom. The monoisotopic (exact) mass is 344 g/mol. The molecule has 24 heavy (non-hydrogen) atoms. The number of imide groups is 1. The molecule has 6 heteroatoms. The molecule has 2 fully saturated rings.